The summed E-state index contributed by atoms with van der Waals surface area (Å²) in [6, 6.07) is 5.21. The van der Waals surface area contributed by atoms with Crippen molar-refractivity contribution in [2.75, 3.05) is 11.9 Å². The first-order chi connectivity index (χ1) is 14.1. The predicted molar refractivity (Wildman–Crippen MR) is 104 cm³/mol. The summed E-state index contributed by atoms with van der Waals surface area (Å²) < 4.78 is 2.15. The number of imidazole rings is 1. The fraction of sp³-hybridized carbons (Fsp3) is 0.400. The highest BCUT2D eigenvalue weighted by Crippen LogP contribution is 2.30. The van der Waals surface area contributed by atoms with Crippen molar-refractivity contribution in [1.29, 1.82) is 0 Å². The van der Waals surface area contributed by atoms with Gasteiger partial charge in [-0.1, -0.05) is 18.2 Å². The van der Waals surface area contributed by atoms with Crippen LogP contribution in [0.25, 0.3) is 0 Å². The van der Waals surface area contributed by atoms with E-state index in [1.165, 1.54) is 0 Å². The zero-order chi connectivity index (χ0) is 20.0. The van der Waals surface area contributed by atoms with Gasteiger partial charge < -0.3 is 20.1 Å². The highest BCUT2D eigenvalue weighted by Gasteiger charge is 2.39. The van der Waals surface area contributed by atoms with Gasteiger partial charge in [0.05, 0.1) is 12.7 Å². The first kappa shape index (κ1) is 17.9. The molecule has 3 N–H and O–H groups in total. The maximum atomic E-state index is 13.1. The van der Waals surface area contributed by atoms with Gasteiger partial charge in [0.15, 0.2) is 0 Å². The summed E-state index contributed by atoms with van der Waals surface area (Å²) in [5.74, 6) is 1.12. The molecule has 1 fully saturated rings. The molecular formula is C20H22N6O3. The third-order valence-electron chi connectivity index (χ3n) is 5.83. The minimum absolute atomic E-state index is 0.147. The molecular weight excluding hydrogens is 372 g/mol. The summed E-state index contributed by atoms with van der Waals surface area (Å²) >= 11 is 0. The van der Waals surface area contributed by atoms with Gasteiger partial charge in [0.25, 0.3) is 5.91 Å². The van der Waals surface area contributed by atoms with Crippen molar-refractivity contribution in [1.82, 2.24) is 25.1 Å². The number of nitrogens with zero attached hydrogens (tertiary/aromatic N) is 3. The van der Waals surface area contributed by atoms with Crippen LogP contribution in [0.2, 0.25) is 0 Å². The third kappa shape index (κ3) is 3.07. The molecule has 29 heavy (non-hydrogen) atoms. The maximum Gasteiger partial charge on any atom is 0.255 e. The Morgan fingerprint density at radius 3 is 3.00 bits per heavy atom. The van der Waals surface area contributed by atoms with E-state index >= 15 is 0 Å². The van der Waals surface area contributed by atoms with Crippen molar-refractivity contribution in [3.63, 3.8) is 0 Å². The lowest BCUT2D eigenvalue weighted by atomic mass is 10.0. The molecule has 1 unspecified atom stereocenters. The molecule has 0 spiro atoms. The number of carbonyl (C=O) groups excluding carboxylic acids is 3. The second-order valence-corrected chi connectivity index (χ2v) is 7.59. The minimum atomic E-state index is -0.595. The second-order valence-electron chi connectivity index (χ2n) is 7.59. The Morgan fingerprint density at radius 2 is 2.14 bits per heavy atom. The summed E-state index contributed by atoms with van der Waals surface area (Å²) in [6.45, 7) is 3.39. The summed E-state index contributed by atoms with van der Waals surface area (Å²) in [7, 11) is 0. The molecule has 0 bridgehead atoms. The van der Waals surface area contributed by atoms with E-state index in [1.807, 2.05) is 24.4 Å². The quantitative estimate of drug-likeness (QED) is 0.646. The van der Waals surface area contributed by atoms with E-state index in [-0.39, 0.29) is 24.1 Å². The smallest absolute Gasteiger partial charge is 0.255 e. The van der Waals surface area contributed by atoms with Gasteiger partial charge in [0.2, 0.25) is 11.8 Å². The Bertz CT molecular complexity index is 1010. The van der Waals surface area contributed by atoms with Crippen molar-refractivity contribution < 1.29 is 14.4 Å². The number of fused-ring (bicyclic) bond motifs is 2. The molecule has 9 nitrogen and oxygen atoms in total. The zero-order valence-corrected chi connectivity index (χ0v) is 15.9. The van der Waals surface area contributed by atoms with Gasteiger partial charge in [0.1, 0.15) is 17.7 Å². The average Bonchev–Trinajstić information content (AvgIpc) is 3.28. The number of benzene rings is 1. The van der Waals surface area contributed by atoms with E-state index in [1.54, 1.807) is 4.90 Å². The summed E-state index contributed by atoms with van der Waals surface area (Å²) in [4.78, 5) is 42.8. The molecule has 1 saturated heterocycles. The monoisotopic (exact) mass is 394 g/mol. The van der Waals surface area contributed by atoms with Crippen LogP contribution in [0.3, 0.4) is 0 Å². The van der Waals surface area contributed by atoms with Crippen LogP contribution in [0.15, 0.2) is 24.4 Å². The molecule has 1 aromatic carbocycles. The molecule has 4 heterocycles. The molecule has 0 radical (unpaired) electrons. The van der Waals surface area contributed by atoms with Gasteiger partial charge in [-0.2, -0.15) is 0 Å². The summed E-state index contributed by atoms with van der Waals surface area (Å²) in [5, 5.41) is 9.04. The lowest BCUT2D eigenvalue weighted by Gasteiger charge is -2.29. The lowest BCUT2D eigenvalue weighted by Crippen LogP contribution is -2.52. The van der Waals surface area contributed by atoms with Crippen molar-refractivity contribution in [3.05, 3.63) is 46.9 Å². The van der Waals surface area contributed by atoms with Crippen LogP contribution >= 0.6 is 0 Å². The summed E-state index contributed by atoms with van der Waals surface area (Å²) in [6.07, 6.45) is 2.45. The summed E-state index contributed by atoms with van der Waals surface area (Å²) in [5.41, 5.74) is 2.47. The fourth-order valence-electron chi connectivity index (χ4n) is 4.36. The molecule has 1 atom stereocenters. The number of amides is 3. The molecule has 0 aliphatic carbocycles. The Balaban J connectivity index is 1.35. The molecule has 1 aromatic heterocycles. The second kappa shape index (κ2) is 7.00. The van der Waals surface area contributed by atoms with Crippen molar-refractivity contribution in [2.45, 2.75) is 45.1 Å². The molecule has 9 heteroatoms. The molecule has 0 saturated carbocycles. The molecule has 150 valence electrons. The van der Waals surface area contributed by atoms with E-state index in [4.69, 9.17) is 0 Å². The molecule has 3 aliphatic heterocycles. The van der Waals surface area contributed by atoms with Crippen LogP contribution in [0.1, 0.15) is 40.2 Å². The highest BCUT2D eigenvalue weighted by molar-refractivity contribution is 6.06. The fourth-order valence-corrected chi connectivity index (χ4v) is 4.36. The number of piperidine rings is 1. The van der Waals surface area contributed by atoms with Gasteiger partial charge in [0, 0.05) is 38.2 Å². The lowest BCUT2D eigenvalue weighted by molar-refractivity contribution is -0.136. The molecule has 2 aromatic rings. The van der Waals surface area contributed by atoms with Crippen molar-refractivity contribution in [3.8, 4) is 0 Å². The van der Waals surface area contributed by atoms with Crippen molar-refractivity contribution in [2.24, 2.45) is 0 Å². The predicted octanol–water partition coefficient (Wildman–Crippen LogP) is 0.359. The van der Waals surface area contributed by atoms with Crippen LogP contribution in [-0.4, -0.2) is 44.8 Å². The van der Waals surface area contributed by atoms with E-state index in [9.17, 15) is 14.4 Å². The van der Waals surface area contributed by atoms with Gasteiger partial charge in [-0.3, -0.25) is 19.7 Å². The number of aromatic nitrogens is 2. The van der Waals surface area contributed by atoms with E-state index in [0.29, 0.717) is 25.1 Å². The van der Waals surface area contributed by atoms with Gasteiger partial charge in [-0.25, -0.2) is 4.98 Å². The number of hydrogen-bond donors (Lipinski definition) is 3. The SMILES string of the molecule is O=C1CCC(N2Cc3cccc(CNc4cnc5n4CCNC5)c3C2=O)C(=O)N1. The standard InChI is InChI=1S/C20H22N6O3/c27-17-5-4-14(19(28)24-17)26-11-13-3-1-2-12(18(13)20(26)29)8-22-16-10-23-15-9-21-6-7-25(15)16/h1-3,10,14,21-22H,4-9,11H2,(H,24,27,28). The highest BCUT2D eigenvalue weighted by atomic mass is 16.2. The van der Waals surface area contributed by atoms with Crippen LogP contribution in [0.5, 0.6) is 0 Å². The normalized spacial score (nSPS) is 21.0. The Morgan fingerprint density at radius 1 is 1.24 bits per heavy atom. The molecule has 3 aliphatic rings. The van der Waals surface area contributed by atoms with Crippen LogP contribution in [0.4, 0.5) is 5.82 Å². The first-order valence-corrected chi connectivity index (χ1v) is 9.86. The Kier molecular flexibility index (Phi) is 4.31. The maximum absolute atomic E-state index is 13.1. The van der Waals surface area contributed by atoms with Gasteiger partial charge in [-0.05, 0) is 17.5 Å². The number of anilines is 1. The van der Waals surface area contributed by atoms with Gasteiger partial charge in [-0.15, -0.1) is 0 Å². The van der Waals surface area contributed by atoms with Crippen LogP contribution in [-0.2, 0) is 35.8 Å². The number of carbonyl (C=O) groups is 3. The molecule has 5 rings (SSSR count). The Labute approximate surface area is 167 Å². The number of hydrogen-bond acceptors (Lipinski definition) is 6. The van der Waals surface area contributed by atoms with E-state index < -0.39 is 6.04 Å². The zero-order valence-electron chi connectivity index (χ0n) is 15.9. The van der Waals surface area contributed by atoms with E-state index in [2.05, 4.69) is 25.5 Å². The van der Waals surface area contributed by atoms with Gasteiger partial charge >= 0.3 is 0 Å². The van der Waals surface area contributed by atoms with E-state index in [0.717, 1.165) is 42.4 Å². The number of nitrogens with one attached hydrogen (secondary N) is 3. The third-order valence-corrected chi connectivity index (χ3v) is 5.83. The van der Waals surface area contributed by atoms with Crippen LogP contribution < -0.4 is 16.0 Å². The topological polar surface area (TPSA) is 108 Å². The number of rotatable bonds is 4. The Hall–Kier alpha value is -3.20. The van der Waals surface area contributed by atoms with Crippen LogP contribution in [0, 0.1) is 0 Å². The molecule has 3 amide bonds. The first-order valence-electron chi connectivity index (χ1n) is 9.86. The van der Waals surface area contributed by atoms with Crippen molar-refractivity contribution >= 4 is 23.5 Å². The number of imide groups is 1. The average molecular weight is 394 g/mol. The minimum Gasteiger partial charge on any atom is -0.366 e. The largest absolute Gasteiger partial charge is 0.366 e.